The van der Waals surface area contributed by atoms with Crippen LogP contribution < -0.4 is 15.8 Å². The average molecular weight is 419 g/mol. The van der Waals surface area contributed by atoms with E-state index >= 15 is 0 Å². The van der Waals surface area contributed by atoms with Crippen molar-refractivity contribution in [2.75, 3.05) is 17.3 Å². The number of sulfonamides is 1. The van der Waals surface area contributed by atoms with Gasteiger partial charge in [-0.15, -0.1) is 0 Å². The van der Waals surface area contributed by atoms with Gasteiger partial charge in [0.15, 0.2) is 11.6 Å². The maximum absolute atomic E-state index is 14.1. The molecule has 0 fully saturated rings. The van der Waals surface area contributed by atoms with Crippen molar-refractivity contribution in [3.63, 3.8) is 0 Å². The summed E-state index contributed by atoms with van der Waals surface area (Å²) < 4.78 is 48.9. The van der Waals surface area contributed by atoms with Crippen LogP contribution in [0.15, 0.2) is 59.6 Å². The summed E-state index contributed by atoms with van der Waals surface area (Å²) in [5.41, 5.74) is 2.11. The van der Waals surface area contributed by atoms with Crippen LogP contribution in [0.2, 0.25) is 0 Å². The molecule has 2 aromatic carbocycles. The van der Waals surface area contributed by atoms with Gasteiger partial charge < -0.3 is 10.6 Å². The van der Waals surface area contributed by atoms with Gasteiger partial charge in [0, 0.05) is 11.4 Å². The normalized spacial score (nSPS) is 11.3. The first kappa shape index (κ1) is 20.6. The summed E-state index contributed by atoms with van der Waals surface area (Å²) in [6.45, 7) is -0.368. The minimum atomic E-state index is -3.79. The minimum absolute atomic E-state index is 0.0274. The first-order chi connectivity index (χ1) is 13.8. The van der Waals surface area contributed by atoms with Gasteiger partial charge in [-0.2, -0.15) is 4.98 Å². The molecule has 10 heteroatoms. The van der Waals surface area contributed by atoms with Crippen LogP contribution in [-0.2, 0) is 16.4 Å². The average Bonchev–Trinajstić information content (AvgIpc) is 2.70. The second-order valence-electron chi connectivity index (χ2n) is 6.20. The van der Waals surface area contributed by atoms with Gasteiger partial charge in [0.2, 0.25) is 16.0 Å². The molecule has 0 saturated heterocycles. The van der Waals surface area contributed by atoms with Crippen molar-refractivity contribution < 1.29 is 17.2 Å². The Morgan fingerprint density at radius 1 is 0.966 bits per heavy atom. The lowest BCUT2D eigenvalue weighted by atomic mass is 10.1. The zero-order valence-electron chi connectivity index (χ0n) is 15.3. The third-order valence-corrected chi connectivity index (χ3v) is 4.93. The van der Waals surface area contributed by atoms with Gasteiger partial charge in [-0.1, -0.05) is 12.1 Å². The lowest BCUT2D eigenvalue weighted by Gasteiger charge is -2.10. The van der Waals surface area contributed by atoms with Gasteiger partial charge in [0.25, 0.3) is 0 Å². The maximum Gasteiger partial charge on any atom is 0.238 e. The molecule has 4 N–H and O–H groups in total. The number of nitrogens with one attached hydrogen (secondary N) is 2. The molecule has 7 nitrogen and oxygen atoms in total. The molecule has 0 atom stereocenters. The smallest absolute Gasteiger partial charge is 0.238 e. The summed E-state index contributed by atoms with van der Waals surface area (Å²) in [7, 11) is -3.79. The molecule has 0 aliphatic heterocycles. The van der Waals surface area contributed by atoms with Crippen LogP contribution in [-0.4, -0.2) is 25.1 Å². The third-order valence-electron chi connectivity index (χ3n) is 4.00. The van der Waals surface area contributed by atoms with Crippen LogP contribution in [0, 0.1) is 5.82 Å². The number of nitrogens with zero attached hydrogens (tertiary/aromatic N) is 2. The number of aryl methyl sites for hydroxylation is 1. The van der Waals surface area contributed by atoms with Gasteiger partial charge >= 0.3 is 0 Å². The van der Waals surface area contributed by atoms with Crippen molar-refractivity contribution in [3.8, 4) is 0 Å². The van der Waals surface area contributed by atoms with E-state index in [-0.39, 0.29) is 23.3 Å². The van der Waals surface area contributed by atoms with Crippen LogP contribution in [0.4, 0.5) is 31.9 Å². The number of primary sulfonamides is 1. The number of nitrogens with two attached hydrogens (primary N) is 1. The zero-order valence-corrected chi connectivity index (χ0v) is 16.1. The fourth-order valence-electron chi connectivity index (χ4n) is 2.53. The predicted molar refractivity (Wildman–Crippen MR) is 107 cm³/mol. The first-order valence-electron chi connectivity index (χ1n) is 8.69. The number of hydrogen-bond donors (Lipinski definition) is 3. The van der Waals surface area contributed by atoms with E-state index in [1.54, 1.807) is 12.1 Å². The number of hydrogen-bond acceptors (Lipinski definition) is 6. The van der Waals surface area contributed by atoms with Crippen LogP contribution in [0.1, 0.15) is 12.0 Å². The SMILES string of the molecule is NS(=O)(=O)c1ccc(Nc2ncc(F)c(Nc3ccc(CCCF)cc3)n2)cc1. The maximum atomic E-state index is 14.1. The Hall–Kier alpha value is -3.11. The van der Waals surface area contributed by atoms with Crippen LogP contribution in [0.25, 0.3) is 0 Å². The van der Waals surface area contributed by atoms with Crippen LogP contribution >= 0.6 is 0 Å². The van der Waals surface area contributed by atoms with E-state index in [0.29, 0.717) is 24.2 Å². The summed E-state index contributed by atoms with van der Waals surface area (Å²) in [5.74, 6) is -0.543. The highest BCUT2D eigenvalue weighted by molar-refractivity contribution is 7.89. The van der Waals surface area contributed by atoms with E-state index in [1.807, 2.05) is 12.1 Å². The molecule has 0 aliphatic rings. The summed E-state index contributed by atoms with van der Waals surface area (Å²) in [6, 6.07) is 12.9. The van der Waals surface area contributed by atoms with Crippen molar-refractivity contribution in [1.82, 2.24) is 9.97 Å². The number of benzene rings is 2. The molecule has 0 saturated carbocycles. The quantitative estimate of drug-likeness (QED) is 0.514. The predicted octanol–water partition coefficient (Wildman–Crippen LogP) is 3.65. The molecule has 0 radical (unpaired) electrons. The van der Waals surface area contributed by atoms with E-state index in [1.165, 1.54) is 24.3 Å². The molecule has 0 unspecified atom stereocenters. The molecule has 1 aromatic heterocycles. The fraction of sp³-hybridized carbons (Fsp3) is 0.158. The number of anilines is 4. The minimum Gasteiger partial charge on any atom is -0.338 e. The second kappa shape index (κ2) is 8.93. The monoisotopic (exact) mass is 419 g/mol. The molecular formula is C19H19F2N5O2S. The largest absolute Gasteiger partial charge is 0.338 e. The van der Waals surface area contributed by atoms with Crippen molar-refractivity contribution >= 4 is 33.2 Å². The highest BCUT2D eigenvalue weighted by atomic mass is 32.2. The number of rotatable bonds is 8. The van der Waals surface area contributed by atoms with Gasteiger partial charge in [0.05, 0.1) is 17.8 Å². The van der Waals surface area contributed by atoms with Gasteiger partial charge in [-0.3, -0.25) is 4.39 Å². The Morgan fingerprint density at radius 2 is 1.59 bits per heavy atom. The van der Waals surface area contributed by atoms with Crippen LogP contribution in [0.3, 0.4) is 0 Å². The fourth-order valence-corrected chi connectivity index (χ4v) is 3.05. The van der Waals surface area contributed by atoms with Crippen molar-refractivity contribution in [2.45, 2.75) is 17.7 Å². The highest BCUT2D eigenvalue weighted by Crippen LogP contribution is 2.21. The molecule has 0 bridgehead atoms. The van der Waals surface area contributed by atoms with E-state index < -0.39 is 15.8 Å². The van der Waals surface area contributed by atoms with Crippen molar-refractivity contribution in [3.05, 3.63) is 66.1 Å². The molecule has 1 heterocycles. The first-order valence-corrected chi connectivity index (χ1v) is 10.2. The van der Waals surface area contributed by atoms with E-state index in [0.717, 1.165) is 11.8 Å². The number of halogens is 2. The lowest BCUT2D eigenvalue weighted by molar-refractivity contribution is 0.473. The molecule has 152 valence electrons. The number of alkyl halides is 1. The Balaban J connectivity index is 1.72. The van der Waals surface area contributed by atoms with Gasteiger partial charge in [-0.25, -0.2) is 22.9 Å². The summed E-state index contributed by atoms with van der Waals surface area (Å²) >= 11 is 0. The van der Waals surface area contributed by atoms with Gasteiger partial charge in [-0.05, 0) is 54.8 Å². The molecule has 0 spiro atoms. The number of aromatic nitrogens is 2. The molecule has 29 heavy (non-hydrogen) atoms. The van der Waals surface area contributed by atoms with E-state index in [4.69, 9.17) is 5.14 Å². The van der Waals surface area contributed by atoms with E-state index in [9.17, 15) is 17.2 Å². The Bertz CT molecular complexity index is 1070. The summed E-state index contributed by atoms with van der Waals surface area (Å²) in [5, 5.41) is 10.8. The molecule has 3 rings (SSSR count). The van der Waals surface area contributed by atoms with Crippen molar-refractivity contribution in [1.29, 1.82) is 0 Å². The van der Waals surface area contributed by atoms with E-state index in [2.05, 4.69) is 20.6 Å². The van der Waals surface area contributed by atoms with Crippen LogP contribution in [0.5, 0.6) is 0 Å². The molecule has 3 aromatic rings. The topological polar surface area (TPSA) is 110 Å². The summed E-state index contributed by atoms with van der Waals surface area (Å²) in [6.07, 6.45) is 2.11. The highest BCUT2D eigenvalue weighted by Gasteiger charge is 2.10. The lowest BCUT2D eigenvalue weighted by Crippen LogP contribution is -2.11. The second-order valence-corrected chi connectivity index (χ2v) is 7.76. The standard InChI is InChI=1S/C19H19F2N5O2S/c20-11-1-2-13-3-5-14(6-4-13)24-18-17(21)12-23-19(26-18)25-15-7-9-16(10-8-15)29(22,27)28/h3-10,12H,1-2,11H2,(H2,22,27,28)(H2,23,24,25,26). The third kappa shape index (κ3) is 5.69. The van der Waals surface area contributed by atoms with Crippen molar-refractivity contribution in [2.24, 2.45) is 5.14 Å². The molecule has 0 aliphatic carbocycles. The van der Waals surface area contributed by atoms with Gasteiger partial charge in [0.1, 0.15) is 0 Å². The Kier molecular flexibility index (Phi) is 6.35. The molecule has 0 amide bonds. The zero-order chi connectivity index (χ0) is 20.9. The summed E-state index contributed by atoms with van der Waals surface area (Å²) in [4.78, 5) is 7.96. The molecular weight excluding hydrogens is 400 g/mol. The Labute approximate surface area is 167 Å². The Morgan fingerprint density at radius 3 is 2.21 bits per heavy atom.